The van der Waals surface area contributed by atoms with Crippen LogP contribution in [-0.2, 0) is 15.0 Å². The predicted octanol–water partition coefficient (Wildman–Crippen LogP) is 3.06. The van der Waals surface area contributed by atoms with Gasteiger partial charge in [-0.2, -0.15) is 0 Å². The van der Waals surface area contributed by atoms with Gasteiger partial charge < -0.3 is 0 Å². The second-order valence-corrected chi connectivity index (χ2v) is 8.02. The van der Waals surface area contributed by atoms with E-state index in [1.807, 2.05) is 6.08 Å². The molecule has 0 N–H and O–H groups in total. The van der Waals surface area contributed by atoms with Crippen molar-refractivity contribution in [2.45, 2.75) is 38.5 Å². The first-order valence-corrected chi connectivity index (χ1v) is 8.48. The number of hydrogen-bond donors (Lipinski definition) is 0. The minimum atomic E-state index is -1.26. The summed E-state index contributed by atoms with van der Waals surface area (Å²) in [5, 5.41) is 0. The van der Waals surface area contributed by atoms with Crippen molar-refractivity contribution < 1.29 is 14.4 Å². The van der Waals surface area contributed by atoms with Crippen LogP contribution in [0.25, 0.3) is 0 Å². The lowest BCUT2D eigenvalue weighted by Crippen LogP contribution is -2.61. The summed E-state index contributed by atoms with van der Waals surface area (Å²) in [6.45, 7) is 6.48. The quantitative estimate of drug-likeness (QED) is 0.583. The fourth-order valence-corrected chi connectivity index (χ4v) is 3.63. The van der Waals surface area contributed by atoms with E-state index in [0.29, 0.717) is 6.42 Å². The third-order valence-corrected chi connectivity index (χ3v) is 5.31. The summed E-state index contributed by atoms with van der Waals surface area (Å²) in [6.07, 6.45) is 3.96. The molecule has 1 saturated heterocycles. The van der Waals surface area contributed by atoms with Crippen LogP contribution in [0, 0.1) is 5.41 Å². The normalized spacial score (nSPS) is 23.1. The zero-order valence-corrected chi connectivity index (χ0v) is 15.4. The molecule has 0 saturated carbocycles. The molecule has 3 rings (SSSR count). The lowest BCUT2D eigenvalue weighted by molar-refractivity contribution is -0.153. The first-order chi connectivity index (χ1) is 11.6. The average Bonchev–Trinajstić information content (AvgIpc) is 3.03. The van der Waals surface area contributed by atoms with Crippen molar-refractivity contribution >= 4 is 17.8 Å². The van der Waals surface area contributed by atoms with E-state index in [1.165, 1.54) is 19.7 Å². The first-order valence-electron chi connectivity index (χ1n) is 8.48. The highest BCUT2D eigenvalue weighted by Crippen LogP contribution is 2.45. The summed E-state index contributed by atoms with van der Waals surface area (Å²) in [4.78, 5) is 39.4. The van der Waals surface area contributed by atoms with E-state index >= 15 is 0 Å². The van der Waals surface area contributed by atoms with E-state index in [9.17, 15) is 14.4 Å². The van der Waals surface area contributed by atoms with E-state index in [4.69, 9.17) is 0 Å². The summed E-state index contributed by atoms with van der Waals surface area (Å²) in [5.41, 5.74) is 1.13. The Kier molecular flexibility index (Phi) is 3.86. The molecular weight excluding hydrogens is 316 g/mol. The molecule has 0 radical (unpaired) electrons. The Morgan fingerprint density at radius 3 is 1.96 bits per heavy atom. The molecule has 0 unspecified atom stereocenters. The van der Waals surface area contributed by atoms with E-state index < -0.39 is 23.3 Å². The van der Waals surface area contributed by atoms with Gasteiger partial charge in [-0.05, 0) is 23.0 Å². The van der Waals surface area contributed by atoms with Gasteiger partial charge in [-0.3, -0.25) is 19.4 Å². The zero-order chi connectivity index (χ0) is 18.6. The number of rotatable bonds is 1. The molecule has 1 aromatic carbocycles. The minimum absolute atomic E-state index is 0.0167. The van der Waals surface area contributed by atoms with E-state index in [2.05, 4.69) is 45.0 Å². The second-order valence-electron chi connectivity index (χ2n) is 8.02. The standard InChI is InChI=1S/C20H24N2O3/c1-19(2,3)15-8-6-13(7-9-15)14-10-11-20(12-14)16(23)21(4)18(25)22(5)17(20)24/h6-11,14H,12H2,1-5H3/t14-/m0/s1. The van der Waals surface area contributed by atoms with Crippen molar-refractivity contribution in [2.75, 3.05) is 14.1 Å². The van der Waals surface area contributed by atoms with Crippen molar-refractivity contribution in [3.8, 4) is 0 Å². The van der Waals surface area contributed by atoms with Crippen molar-refractivity contribution in [3.63, 3.8) is 0 Å². The number of nitrogens with zero attached hydrogens (tertiary/aromatic N) is 2. The van der Waals surface area contributed by atoms with Gasteiger partial charge in [0.25, 0.3) is 0 Å². The molecule has 2 aliphatic rings. The van der Waals surface area contributed by atoms with Gasteiger partial charge in [0.05, 0.1) is 0 Å². The van der Waals surface area contributed by atoms with E-state index in [0.717, 1.165) is 15.4 Å². The van der Waals surface area contributed by atoms with Gasteiger partial charge in [-0.15, -0.1) is 0 Å². The maximum atomic E-state index is 12.7. The maximum absolute atomic E-state index is 12.7. The summed E-state index contributed by atoms with van der Waals surface area (Å²) in [7, 11) is 2.85. The number of imide groups is 2. The molecule has 1 aliphatic heterocycles. The largest absolute Gasteiger partial charge is 0.332 e. The van der Waals surface area contributed by atoms with Crippen LogP contribution in [0.3, 0.4) is 0 Å². The summed E-state index contributed by atoms with van der Waals surface area (Å²) < 4.78 is 0. The van der Waals surface area contributed by atoms with Gasteiger partial charge in [0, 0.05) is 20.0 Å². The Bertz CT molecular complexity index is 747. The Morgan fingerprint density at radius 2 is 1.48 bits per heavy atom. The van der Waals surface area contributed by atoms with Crippen LogP contribution >= 0.6 is 0 Å². The van der Waals surface area contributed by atoms with Crippen molar-refractivity contribution in [3.05, 3.63) is 47.5 Å². The number of hydrogen-bond acceptors (Lipinski definition) is 3. The number of barbiturate groups is 1. The third kappa shape index (κ3) is 2.58. The lowest BCUT2D eigenvalue weighted by Gasteiger charge is -2.39. The van der Waals surface area contributed by atoms with Gasteiger partial charge in [0.2, 0.25) is 11.8 Å². The average molecular weight is 340 g/mol. The van der Waals surface area contributed by atoms with Crippen LogP contribution in [-0.4, -0.2) is 41.7 Å². The molecular formula is C20H24N2O3. The van der Waals surface area contributed by atoms with E-state index in [1.54, 1.807) is 6.08 Å². The SMILES string of the molecule is CN1C(=O)N(C)C(=O)C2(C=C[C@H](c3ccc(C(C)(C)C)cc3)C2)C1=O. The maximum Gasteiger partial charge on any atom is 0.332 e. The first kappa shape index (κ1) is 17.4. The van der Waals surface area contributed by atoms with E-state index in [-0.39, 0.29) is 11.3 Å². The fraction of sp³-hybridized carbons (Fsp3) is 0.450. The van der Waals surface area contributed by atoms with Gasteiger partial charge in [0.15, 0.2) is 0 Å². The van der Waals surface area contributed by atoms with Crippen LogP contribution in [0.15, 0.2) is 36.4 Å². The molecule has 1 aromatic rings. The Balaban J connectivity index is 1.89. The van der Waals surface area contributed by atoms with Gasteiger partial charge in [0.1, 0.15) is 5.41 Å². The van der Waals surface area contributed by atoms with Crippen molar-refractivity contribution in [1.29, 1.82) is 0 Å². The topological polar surface area (TPSA) is 57.7 Å². The molecule has 1 aliphatic carbocycles. The van der Waals surface area contributed by atoms with Crippen molar-refractivity contribution in [1.82, 2.24) is 9.80 Å². The zero-order valence-electron chi connectivity index (χ0n) is 15.4. The molecule has 132 valence electrons. The molecule has 5 nitrogen and oxygen atoms in total. The van der Waals surface area contributed by atoms with Crippen LogP contribution < -0.4 is 0 Å². The summed E-state index contributed by atoms with van der Waals surface area (Å²) >= 11 is 0. The molecule has 25 heavy (non-hydrogen) atoms. The minimum Gasteiger partial charge on any atom is -0.273 e. The van der Waals surface area contributed by atoms with Crippen molar-refractivity contribution in [2.24, 2.45) is 5.41 Å². The second kappa shape index (κ2) is 5.55. The molecule has 0 bridgehead atoms. The number of urea groups is 1. The van der Waals surface area contributed by atoms with Gasteiger partial charge in [-0.25, -0.2) is 4.79 Å². The smallest absolute Gasteiger partial charge is 0.273 e. The van der Waals surface area contributed by atoms with Crippen LogP contribution in [0.1, 0.15) is 44.2 Å². The highest BCUT2D eigenvalue weighted by molar-refractivity contribution is 6.20. The molecule has 1 fully saturated rings. The van der Waals surface area contributed by atoms with Crippen LogP contribution in [0.5, 0.6) is 0 Å². The predicted molar refractivity (Wildman–Crippen MR) is 95.0 cm³/mol. The van der Waals surface area contributed by atoms with Gasteiger partial charge >= 0.3 is 6.03 Å². The summed E-state index contributed by atoms with van der Waals surface area (Å²) in [5.74, 6) is -0.895. The Hall–Kier alpha value is -2.43. The highest BCUT2D eigenvalue weighted by Gasteiger charge is 2.56. The van der Waals surface area contributed by atoms with Gasteiger partial charge in [-0.1, -0.05) is 57.2 Å². The number of benzene rings is 1. The molecule has 1 heterocycles. The third-order valence-electron chi connectivity index (χ3n) is 5.31. The van der Waals surface area contributed by atoms with Crippen LogP contribution in [0.4, 0.5) is 4.79 Å². The molecule has 0 aromatic heterocycles. The number of carbonyl (C=O) groups excluding carboxylic acids is 3. The lowest BCUT2D eigenvalue weighted by atomic mass is 9.79. The highest BCUT2D eigenvalue weighted by atomic mass is 16.2. The Morgan fingerprint density at radius 1 is 0.960 bits per heavy atom. The molecule has 4 amide bonds. The fourth-order valence-electron chi connectivity index (χ4n) is 3.63. The van der Waals surface area contributed by atoms with Crippen LogP contribution in [0.2, 0.25) is 0 Å². The molecule has 1 spiro atoms. The molecule has 1 atom stereocenters. The Labute approximate surface area is 148 Å². The number of carbonyl (C=O) groups is 3. The number of allylic oxidation sites excluding steroid dienone is 1. The molecule has 5 heteroatoms. The number of amides is 4. The monoisotopic (exact) mass is 340 g/mol. The summed E-state index contributed by atoms with van der Waals surface area (Å²) in [6, 6.07) is 7.74.